The maximum atomic E-state index is 11.9. The van der Waals surface area contributed by atoms with Gasteiger partial charge in [0.25, 0.3) is 0 Å². The molecule has 5 rings (SSSR count). The second-order valence-electron chi connectivity index (χ2n) is 11.9. The summed E-state index contributed by atoms with van der Waals surface area (Å²) in [5.74, 6) is 0.0761. The van der Waals surface area contributed by atoms with Gasteiger partial charge < -0.3 is 24.6 Å². The minimum Gasteiger partial charge on any atom is -0.445 e. The van der Waals surface area contributed by atoms with Crippen molar-refractivity contribution in [3.8, 4) is 11.1 Å². The van der Waals surface area contributed by atoms with E-state index in [1.165, 1.54) is 11.6 Å². The van der Waals surface area contributed by atoms with E-state index in [0.717, 1.165) is 39.9 Å². The Balaban J connectivity index is 1.38. The highest BCUT2D eigenvalue weighted by Gasteiger charge is 2.39. The van der Waals surface area contributed by atoms with Gasteiger partial charge in [0, 0.05) is 30.6 Å². The molecule has 1 fully saturated rings. The van der Waals surface area contributed by atoms with Crippen molar-refractivity contribution < 1.29 is 24.1 Å². The van der Waals surface area contributed by atoms with Gasteiger partial charge in [-0.05, 0) is 59.5 Å². The van der Waals surface area contributed by atoms with E-state index in [1.807, 2.05) is 54.6 Å². The number of amides is 1. The molecule has 1 amide bonds. The fourth-order valence-electron chi connectivity index (χ4n) is 5.84. The SMILES string of the molecule is C=CCOC(=O)NCc1cccc(-c2cccc(C3OC(CN(C)C(C)c4ccccc4)C(C)C(c4ccc(CO)cc4)O3)c2)c1. The predicted molar refractivity (Wildman–Crippen MR) is 181 cm³/mol. The van der Waals surface area contributed by atoms with E-state index in [9.17, 15) is 9.90 Å². The molecule has 1 aliphatic heterocycles. The molecule has 1 aliphatic rings. The van der Waals surface area contributed by atoms with E-state index in [2.05, 4.69) is 86.2 Å². The van der Waals surface area contributed by atoms with Crippen molar-refractivity contribution in [1.29, 1.82) is 0 Å². The smallest absolute Gasteiger partial charge is 0.407 e. The van der Waals surface area contributed by atoms with Gasteiger partial charge in [0.2, 0.25) is 0 Å². The zero-order valence-corrected chi connectivity index (χ0v) is 26.8. The zero-order valence-electron chi connectivity index (χ0n) is 26.8. The van der Waals surface area contributed by atoms with Gasteiger partial charge in [0.15, 0.2) is 6.29 Å². The summed E-state index contributed by atoms with van der Waals surface area (Å²) >= 11 is 0. The maximum absolute atomic E-state index is 11.9. The molecule has 1 heterocycles. The molecule has 5 atom stereocenters. The van der Waals surface area contributed by atoms with Gasteiger partial charge in [0.05, 0.1) is 18.8 Å². The minimum atomic E-state index is -0.575. The minimum absolute atomic E-state index is 0.00133. The second-order valence-corrected chi connectivity index (χ2v) is 11.9. The number of hydrogen-bond donors (Lipinski definition) is 2. The quantitative estimate of drug-likeness (QED) is 0.158. The van der Waals surface area contributed by atoms with Gasteiger partial charge in [0.1, 0.15) is 6.61 Å². The molecule has 0 bridgehead atoms. The van der Waals surface area contributed by atoms with Crippen LogP contribution >= 0.6 is 0 Å². The van der Waals surface area contributed by atoms with Crippen LogP contribution in [-0.4, -0.2) is 42.4 Å². The average molecular weight is 621 g/mol. The molecular weight excluding hydrogens is 576 g/mol. The summed E-state index contributed by atoms with van der Waals surface area (Å²) in [7, 11) is 2.14. The van der Waals surface area contributed by atoms with E-state index < -0.39 is 12.4 Å². The molecule has 5 unspecified atom stereocenters. The van der Waals surface area contributed by atoms with Crippen molar-refractivity contribution in [2.45, 2.75) is 51.5 Å². The first-order valence-electron chi connectivity index (χ1n) is 15.8. The van der Waals surface area contributed by atoms with Crippen molar-refractivity contribution in [3.05, 3.63) is 144 Å². The number of aliphatic hydroxyl groups is 1. The van der Waals surface area contributed by atoms with Crippen LogP contribution in [0.2, 0.25) is 0 Å². The summed E-state index contributed by atoms with van der Waals surface area (Å²) in [4.78, 5) is 14.3. The lowest BCUT2D eigenvalue weighted by Gasteiger charge is -2.43. The van der Waals surface area contributed by atoms with Crippen LogP contribution in [0.5, 0.6) is 0 Å². The summed E-state index contributed by atoms with van der Waals surface area (Å²) in [6.45, 7) is 9.23. The van der Waals surface area contributed by atoms with E-state index in [0.29, 0.717) is 6.54 Å². The number of hydrogen-bond acceptors (Lipinski definition) is 6. The molecule has 0 radical (unpaired) electrons. The van der Waals surface area contributed by atoms with Crippen LogP contribution in [0, 0.1) is 5.92 Å². The number of nitrogens with zero attached hydrogens (tertiary/aromatic N) is 1. The Morgan fingerprint density at radius 3 is 2.37 bits per heavy atom. The third-order valence-corrected chi connectivity index (χ3v) is 8.72. The van der Waals surface area contributed by atoms with Crippen molar-refractivity contribution >= 4 is 6.09 Å². The lowest BCUT2D eigenvalue weighted by molar-refractivity contribution is -0.276. The first kappa shape index (κ1) is 33.1. The number of carbonyl (C=O) groups is 1. The van der Waals surface area contributed by atoms with Crippen molar-refractivity contribution in [1.82, 2.24) is 10.2 Å². The Labute approximate surface area is 272 Å². The molecule has 0 saturated carbocycles. The lowest BCUT2D eigenvalue weighted by atomic mass is 9.89. The lowest BCUT2D eigenvalue weighted by Crippen LogP contribution is -2.44. The normalized spacial score (nSPS) is 20.2. The third kappa shape index (κ3) is 8.30. The number of benzene rings is 4. The highest BCUT2D eigenvalue weighted by atomic mass is 16.7. The first-order chi connectivity index (χ1) is 22.4. The third-order valence-electron chi connectivity index (χ3n) is 8.72. The predicted octanol–water partition coefficient (Wildman–Crippen LogP) is 7.74. The standard InChI is InChI=1S/C39H44N2O5/c1-5-21-44-39(43)40-24-30-11-9-14-33(22-30)34-15-10-16-35(23-34)38-45-36(25-41(4)28(3)31-12-7-6-8-13-31)27(2)37(46-38)32-19-17-29(26-42)18-20-32/h5-20,22-23,27-28,36-38,42H,1,21,24-26H2,2-4H3,(H,40,43). The monoisotopic (exact) mass is 620 g/mol. The number of carbonyl (C=O) groups excluding carboxylic acids is 1. The van der Waals surface area contributed by atoms with E-state index in [4.69, 9.17) is 14.2 Å². The number of nitrogens with one attached hydrogen (secondary N) is 1. The van der Waals surface area contributed by atoms with Crippen LogP contribution in [0.15, 0.2) is 116 Å². The molecule has 0 aromatic heterocycles. The van der Waals surface area contributed by atoms with Gasteiger partial charge in [-0.3, -0.25) is 4.90 Å². The molecule has 0 aliphatic carbocycles. The van der Waals surface area contributed by atoms with Crippen LogP contribution in [0.25, 0.3) is 11.1 Å². The van der Waals surface area contributed by atoms with Crippen LogP contribution in [0.3, 0.4) is 0 Å². The summed E-state index contributed by atoms with van der Waals surface area (Å²) in [5.41, 5.74) is 7.12. The Hall–Kier alpha value is -4.27. The number of ether oxygens (including phenoxy) is 3. The second kappa shape index (κ2) is 15.8. The Morgan fingerprint density at radius 1 is 0.935 bits per heavy atom. The highest BCUT2D eigenvalue weighted by molar-refractivity contribution is 5.68. The summed E-state index contributed by atoms with van der Waals surface area (Å²) in [6.07, 6.45) is 0.182. The maximum Gasteiger partial charge on any atom is 0.407 e. The number of rotatable bonds is 12. The molecule has 7 heteroatoms. The van der Waals surface area contributed by atoms with Gasteiger partial charge in [-0.25, -0.2) is 4.79 Å². The van der Waals surface area contributed by atoms with Gasteiger partial charge in [-0.2, -0.15) is 0 Å². The molecule has 1 saturated heterocycles. The first-order valence-corrected chi connectivity index (χ1v) is 15.8. The summed E-state index contributed by atoms with van der Waals surface area (Å²) in [5, 5.41) is 12.4. The number of alkyl carbamates (subject to hydrolysis) is 1. The molecule has 240 valence electrons. The zero-order chi connectivity index (χ0) is 32.5. The van der Waals surface area contributed by atoms with Crippen LogP contribution in [0.1, 0.15) is 60.1 Å². The van der Waals surface area contributed by atoms with E-state index in [1.54, 1.807) is 0 Å². The summed E-state index contributed by atoms with van der Waals surface area (Å²) in [6, 6.07) is 35.1. The summed E-state index contributed by atoms with van der Waals surface area (Å²) < 4.78 is 18.5. The van der Waals surface area contributed by atoms with Crippen LogP contribution < -0.4 is 5.32 Å². The average Bonchev–Trinajstić information content (AvgIpc) is 3.11. The molecule has 7 nitrogen and oxygen atoms in total. The van der Waals surface area contributed by atoms with Crippen molar-refractivity contribution in [2.24, 2.45) is 5.92 Å². The molecule has 4 aromatic carbocycles. The molecule has 2 N–H and O–H groups in total. The van der Waals surface area contributed by atoms with E-state index in [-0.39, 0.29) is 37.4 Å². The topological polar surface area (TPSA) is 80.3 Å². The largest absolute Gasteiger partial charge is 0.445 e. The Morgan fingerprint density at radius 2 is 1.65 bits per heavy atom. The molecule has 46 heavy (non-hydrogen) atoms. The van der Waals surface area contributed by atoms with Crippen molar-refractivity contribution in [3.63, 3.8) is 0 Å². The van der Waals surface area contributed by atoms with Crippen molar-refractivity contribution in [2.75, 3.05) is 20.2 Å². The number of likely N-dealkylation sites (N-methyl/N-ethyl adjacent to an activating group) is 1. The van der Waals surface area contributed by atoms with E-state index >= 15 is 0 Å². The molecule has 4 aromatic rings. The van der Waals surface area contributed by atoms with Crippen LogP contribution in [-0.2, 0) is 27.4 Å². The van der Waals surface area contributed by atoms with Gasteiger partial charge >= 0.3 is 6.09 Å². The van der Waals surface area contributed by atoms with Gasteiger partial charge in [-0.15, -0.1) is 0 Å². The van der Waals surface area contributed by atoms with Gasteiger partial charge in [-0.1, -0.05) is 111 Å². The molecular formula is C39H44N2O5. The fourth-order valence-corrected chi connectivity index (χ4v) is 5.84. The van der Waals surface area contributed by atoms with Crippen LogP contribution in [0.4, 0.5) is 4.79 Å². The highest BCUT2D eigenvalue weighted by Crippen LogP contribution is 2.42. The fraction of sp³-hybridized carbons (Fsp3) is 0.308. The Kier molecular flexibility index (Phi) is 11.4. The number of aliphatic hydroxyl groups excluding tert-OH is 1. The Bertz CT molecular complexity index is 1580. The molecule has 0 spiro atoms.